The van der Waals surface area contributed by atoms with Gasteiger partial charge in [-0.05, 0) is 42.9 Å². The zero-order valence-corrected chi connectivity index (χ0v) is 15.0. The molecule has 24 heavy (non-hydrogen) atoms. The first-order valence-corrected chi connectivity index (χ1v) is 8.56. The fraction of sp³-hybridized carbons (Fsp3) is 0.579. The molecule has 0 unspecified atom stereocenters. The molecule has 1 aromatic carbocycles. The third-order valence-corrected chi connectivity index (χ3v) is 4.68. The van der Waals surface area contributed by atoms with E-state index >= 15 is 0 Å². The Morgan fingerprint density at radius 1 is 1.25 bits per heavy atom. The molecule has 1 aliphatic rings. The largest absolute Gasteiger partial charge is 0.391 e. The van der Waals surface area contributed by atoms with Crippen LogP contribution in [0.2, 0.25) is 0 Å². The van der Waals surface area contributed by atoms with Crippen molar-refractivity contribution in [2.45, 2.75) is 58.1 Å². The first kappa shape index (κ1) is 18.5. The Morgan fingerprint density at radius 2 is 1.88 bits per heavy atom. The van der Waals surface area contributed by atoms with Gasteiger partial charge in [0.1, 0.15) is 0 Å². The summed E-state index contributed by atoms with van der Waals surface area (Å²) in [6, 6.07) is 7.26. The van der Waals surface area contributed by atoms with Gasteiger partial charge in [0.25, 0.3) is 5.91 Å². The van der Waals surface area contributed by atoms with Gasteiger partial charge in [-0.15, -0.1) is 0 Å². The summed E-state index contributed by atoms with van der Waals surface area (Å²) < 4.78 is 0. The van der Waals surface area contributed by atoms with Gasteiger partial charge in [-0.2, -0.15) is 0 Å². The quantitative estimate of drug-likeness (QED) is 0.890. The summed E-state index contributed by atoms with van der Waals surface area (Å²) >= 11 is 0. The van der Waals surface area contributed by atoms with E-state index in [1.165, 1.54) is 0 Å². The van der Waals surface area contributed by atoms with E-state index in [2.05, 4.69) is 26.1 Å². The highest BCUT2D eigenvalue weighted by molar-refractivity contribution is 5.96. The molecule has 0 saturated carbocycles. The van der Waals surface area contributed by atoms with Gasteiger partial charge in [-0.1, -0.05) is 32.9 Å². The maximum Gasteiger partial charge on any atom is 0.251 e. The number of hydrogen-bond acceptors (Lipinski definition) is 3. The summed E-state index contributed by atoms with van der Waals surface area (Å²) in [7, 11) is 0. The number of amides is 2. The first-order chi connectivity index (χ1) is 11.2. The molecular formula is C19H28N2O3. The molecule has 132 valence electrons. The predicted octanol–water partition coefficient (Wildman–Crippen LogP) is 2.09. The average Bonchev–Trinajstić information content (AvgIpc) is 2.54. The second-order valence-electron chi connectivity index (χ2n) is 7.55. The Kier molecular flexibility index (Phi) is 5.65. The topological polar surface area (TPSA) is 69.6 Å². The highest BCUT2D eigenvalue weighted by Crippen LogP contribution is 2.22. The van der Waals surface area contributed by atoms with E-state index in [9.17, 15) is 14.7 Å². The SMILES string of the molecule is C[C@@H]1[C@H](O)CCCN1C(=O)CNC(=O)c1ccc(C(C)(C)C)cc1. The number of aliphatic hydroxyl groups is 1. The normalized spacial score (nSPS) is 21.5. The van der Waals surface area contributed by atoms with Crippen LogP contribution in [-0.2, 0) is 10.2 Å². The first-order valence-electron chi connectivity index (χ1n) is 8.56. The summed E-state index contributed by atoms with van der Waals surface area (Å²) in [5, 5.41) is 12.5. The number of piperidine rings is 1. The number of aliphatic hydroxyl groups excluding tert-OH is 1. The summed E-state index contributed by atoms with van der Waals surface area (Å²) in [6.07, 6.45) is 1.03. The van der Waals surface area contributed by atoms with Crippen molar-refractivity contribution in [2.24, 2.45) is 0 Å². The van der Waals surface area contributed by atoms with Crippen LogP contribution in [0, 0.1) is 0 Å². The highest BCUT2D eigenvalue weighted by atomic mass is 16.3. The van der Waals surface area contributed by atoms with Gasteiger partial charge >= 0.3 is 0 Å². The number of carbonyl (C=O) groups is 2. The van der Waals surface area contributed by atoms with Crippen LogP contribution in [0.5, 0.6) is 0 Å². The second kappa shape index (κ2) is 7.34. The number of likely N-dealkylation sites (tertiary alicyclic amines) is 1. The minimum Gasteiger partial charge on any atom is -0.391 e. The number of nitrogens with one attached hydrogen (secondary N) is 1. The lowest BCUT2D eigenvalue weighted by atomic mass is 9.87. The molecule has 2 amide bonds. The monoisotopic (exact) mass is 332 g/mol. The Balaban J connectivity index is 1.92. The van der Waals surface area contributed by atoms with Gasteiger partial charge in [0.15, 0.2) is 0 Å². The molecule has 1 saturated heterocycles. The summed E-state index contributed by atoms with van der Waals surface area (Å²) in [6.45, 7) is 8.79. The third kappa shape index (κ3) is 4.35. The van der Waals surface area contributed by atoms with Crippen molar-refractivity contribution in [3.05, 3.63) is 35.4 Å². The van der Waals surface area contributed by atoms with Gasteiger partial charge in [-0.25, -0.2) is 0 Å². The minimum absolute atomic E-state index is 0.0379. The minimum atomic E-state index is -0.483. The molecule has 0 aliphatic carbocycles. The van der Waals surface area contributed by atoms with Crippen LogP contribution in [0.15, 0.2) is 24.3 Å². The third-order valence-electron chi connectivity index (χ3n) is 4.68. The maximum absolute atomic E-state index is 12.3. The van der Waals surface area contributed by atoms with Crippen molar-refractivity contribution in [1.29, 1.82) is 0 Å². The molecule has 0 radical (unpaired) electrons. The molecule has 2 rings (SSSR count). The zero-order valence-electron chi connectivity index (χ0n) is 15.0. The molecule has 2 N–H and O–H groups in total. The van der Waals surface area contributed by atoms with Crippen LogP contribution < -0.4 is 5.32 Å². The van der Waals surface area contributed by atoms with E-state index in [4.69, 9.17) is 0 Å². The van der Waals surface area contributed by atoms with Crippen LogP contribution in [0.3, 0.4) is 0 Å². The lowest BCUT2D eigenvalue weighted by molar-refractivity contribution is -0.136. The summed E-state index contributed by atoms with van der Waals surface area (Å²) in [4.78, 5) is 26.1. The molecule has 1 aliphatic heterocycles. The molecule has 5 nitrogen and oxygen atoms in total. The van der Waals surface area contributed by atoms with Crippen molar-refractivity contribution < 1.29 is 14.7 Å². The molecule has 1 heterocycles. The molecule has 5 heteroatoms. The van der Waals surface area contributed by atoms with Crippen molar-refractivity contribution in [3.8, 4) is 0 Å². The van der Waals surface area contributed by atoms with Gasteiger partial charge in [0.05, 0.1) is 18.7 Å². The van der Waals surface area contributed by atoms with Crippen molar-refractivity contribution in [1.82, 2.24) is 10.2 Å². The molecule has 0 aromatic heterocycles. The van der Waals surface area contributed by atoms with Gasteiger partial charge in [0.2, 0.25) is 5.91 Å². The summed E-state index contributed by atoms with van der Waals surface area (Å²) in [5.74, 6) is -0.407. The number of hydrogen-bond donors (Lipinski definition) is 2. The molecule has 0 bridgehead atoms. The number of benzene rings is 1. The lowest BCUT2D eigenvalue weighted by Gasteiger charge is -2.37. The Labute approximate surface area is 144 Å². The van der Waals surface area contributed by atoms with E-state index in [0.29, 0.717) is 12.1 Å². The van der Waals surface area contributed by atoms with Crippen molar-refractivity contribution >= 4 is 11.8 Å². The van der Waals surface area contributed by atoms with Crippen LogP contribution in [-0.4, -0.2) is 47.1 Å². The summed E-state index contributed by atoms with van der Waals surface area (Å²) in [5.41, 5.74) is 1.74. The fourth-order valence-corrected chi connectivity index (χ4v) is 2.96. The Morgan fingerprint density at radius 3 is 2.46 bits per heavy atom. The number of carbonyl (C=O) groups excluding carboxylic acids is 2. The standard InChI is InChI=1S/C19H28N2O3/c1-13-16(22)6-5-11-21(13)17(23)12-20-18(24)14-7-9-15(10-8-14)19(2,3)4/h7-10,13,16,22H,5-6,11-12H2,1-4H3,(H,20,24)/t13-,16-/m1/s1. The van der Waals surface area contributed by atoms with Crippen LogP contribution >= 0.6 is 0 Å². The van der Waals surface area contributed by atoms with Crippen LogP contribution in [0.25, 0.3) is 0 Å². The van der Waals surface area contributed by atoms with E-state index < -0.39 is 6.10 Å². The lowest BCUT2D eigenvalue weighted by Crippen LogP contribution is -2.52. The van der Waals surface area contributed by atoms with Crippen molar-refractivity contribution in [2.75, 3.05) is 13.1 Å². The zero-order chi connectivity index (χ0) is 17.9. The number of rotatable bonds is 3. The van der Waals surface area contributed by atoms with Gasteiger partial charge < -0.3 is 15.3 Å². The average molecular weight is 332 g/mol. The Bertz CT molecular complexity index is 590. The molecule has 1 aromatic rings. The smallest absolute Gasteiger partial charge is 0.251 e. The Hall–Kier alpha value is -1.88. The van der Waals surface area contributed by atoms with E-state index in [0.717, 1.165) is 18.4 Å². The van der Waals surface area contributed by atoms with E-state index in [1.807, 2.05) is 19.1 Å². The van der Waals surface area contributed by atoms with Gasteiger partial charge in [-0.3, -0.25) is 9.59 Å². The molecule has 0 spiro atoms. The highest BCUT2D eigenvalue weighted by Gasteiger charge is 2.29. The van der Waals surface area contributed by atoms with Crippen LogP contribution in [0.4, 0.5) is 0 Å². The van der Waals surface area contributed by atoms with Gasteiger partial charge in [0, 0.05) is 12.1 Å². The molecular weight excluding hydrogens is 304 g/mol. The fourth-order valence-electron chi connectivity index (χ4n) is 2.96. The van der Waals surface area contributed by atoms with E-state index in [-0.39, 0.29) is 29.8 Å². The second-order valence-corrected chi connectivity index (χ2v) is 7.55. The van der Waals surface area contributed by atoms with Crippen molar-refractivity contribution in [3.63, 3.8) is 0 Å². The van der Waals surface area contributed by atoms with Crippen LogP contribution in [0.1, 0.15) is 56.5 Å². The molecule has 1 fully saturated rings. The maximum atomic E-state index is 12.3. The van der Waals surface area contributed by atoms with E-state index in [1.54, 1.807) is 17.0 Å². The number of nitrogens with zero attached hydrogens (tertiary/aromatic N) is 1. The predicted molar refractivity (Wildman–Crippen MR) is 93.9 cm³/mol. The molecule has 2 atom stereocenters.